The number of nitrogens with two attached hydrogens (primary N) is 1. The van der Waals surface area contributed by atoms with E-state index in [0.29, 0.717) is 24.2 Å². The Hall–Kier alpha value is -1.87. The van der Waals surface area contributed by atoms with Crippen molar-refractivity contribution < 1.29 is 9.90 Å². The van der Waals surface area contributed by atoms with Gasteiger partial charge in [0, 0.05) is 12.3 Å². The van der Waals surface area contributed by atoms with E-state index in [2.05, 4.69) is 49.4 Å². The van der Waals surface area contributed by atoms with Gasteiger partial charge in [0.15, 0.2) is 0 Å². The van der Waals surface area contributed by atoms with Gasteiger partial charge in [0.25, 0.3) is 0 Å². The monoisotopic (exact) mass is 381 g/mol. The number of aryl methyl sites for hydroxylation is 2. The highest BCUT2D eigenvalue weighted by Gasteiger charge is 2.42. The molecule has 0 saturated heterocycles. The third kappa shape index (κ3) is 5.81. The van der Waals surface area contributed by atoms with Crippen molar-refractivity contribution in [3.63, 3.8) is 0 Å². The van der Waals surface area contributed by atoms with Crippen molar-refractivity contribution in [3.05, 3.63) is 59.2 Å². The van der Waals surface area contributed by atoms with E-state index >= 15 is 0 Å². The Kier molecular flexibility index (Phi) is 7.50. The zero-order chi connectivity index (χ0) is 19.9. The summed E-state index contributed by atoms with van der Waals surface area (Å²) < 4.78 is 0. The lowest BCUT2D eigenvalue weighted by atomic mass is 9.88. The number of unbranched alkanes of at least 4 members (excludes halogenated alkanes) is 2. The van der Waals surface area contributed by atoms with Crippen molar-refractivity contribution in [2.24, 2.45) is 23.5 Å². The van der Waals surface area contributed by atoms with Crippen LogP contribution in [-0.2, 0) is 11.2 Å². The second kappa shape index (κ2) is 10.1. The number of allylic oxidation sites excluding steroid dienone is 3. The Morgan fingerprint density at radius 2 is 2.11 bits per heavy atom. The van der Waals surface area contributed by atoms with Gasteiger partial charge < -0.3 is 10.8 Å². The molecule has 1 aromatic rings. The second-order valence-corrected chi connectivity index (χ2v) is 8.72. The highest BCUT2D eigenvalue weighted by Crippen LogP contribution is 2.48. The molecule has 0 aliphatic heterocycles. The minimum atomic E-state index is -0.196. The summed E-state index contributed by atoms with van der Waals surface area (Å²) in [6.07, 6.45) is 15.7. The molecule has 28 heavy (non-hydrogen) atoms. The molecule has 2 aliphatic rings. The molecule has 4 atom stereocenters. The molecule has 0 unspecified atom stereocenters. The fraction of sp³-hybridized carbons (Fsp3) is 0.560. The lowest BCUT2D eigenvalue weighted by Gasteiger charge is -2.18. The normalized spacial score (nSPS) is 26.6. The van der Waals surface area contributed by atoms with Gasteiger partial charge >= 0.3 is 0 Å². The molecule has 0 radical (unpaired) electrons. The number of hydrogen-bond acceptors (Lipinski definition) is 2. The van der Waals surface area contributed by atoms with Gasteiger partial charge in [0.1, 0.15) is 0 Å². The van der Waals surface area contributed by atoms with E-state index in [1.54, 1.807) is 5.57 Å². The maximum absolute atomic E-state index is 10.8. The summed E-state index contributed by atoms with van der Waals surface area (Å²) in [6, 6.07) is 8.71. The molecule has 0 spiro atoms. The van der Waals surface area contributed by atoms with E-state index in [1.165, 1.54) is 11.1 Å². The predicted octanol–water partition coefficient (Wildman–Crippen LogP) is 4.86. The number of hydrogen-bond donors (Lipinski definition) is 2. The van der Waals surface area contributed by atoms with E-state index in [-0.39, 0.29) is 12.0 Å². The molecule has 1 fully saturated rings. The first-order chi connectivity index (χ1) is 13.5. The molecule has 3 rings (SSSR count). The summed E-state index contributed by atoms with van der Waals surface area (Å²) in [6.45, 7) is 2.14. The van der Waals surface area contributed by atoms with Crippen molar-refractivity contribution >= 4 is 5.91 Å². The number of benzene rings is 1. The summed E-state index contributed by atoms with van der Waals surface area (Å²) in [7, 11) is 0. The molecule has 1 amide bonds. The molecule has 1 saturated carbocycles. The standard InChI is InChI=1S/C25H35NO2/c1-18-8-7-11-19(14-18)9-5-6-12-22-23-16-20(15-21(23)17-24(22)27)10-3-2-4-13-25(26)28/h6-8,11-12,14-15,21-24,27H,2-5,9-10,13,16-17H2,1H3,(H2,26,28)/b12-6+/t21-,22+,23-,24+/m0/s1. The molecule has 1 aromatic carbocycles. The number of amides is 1. The van der Waals surface area contributed by atoms with Gasteiger partial charge in [-0.2, -0.15) is 0 Å². The predicted molar refractivity (Wildman–Crippen MR) is 115 cm³/mol. The number of aliphatic hydroxyl groups is 1. The largest absolute Gasteiger partial charge is 0.392 e. The SMILES string of the molecule is Cc1cccc(CC/C=C/[C@@H]2[C@H]3CC(CCCCCC(N)=O)=C[C@H]3C[C@H]2O)c1. The van der Waals surface area contributed by atoms with E-state index in [9.17, 15) is 9.90 Å². The third-order valence-corrected chi connectivity index (χ3v) is 6.41. The first-order valence-corrected chi connectivity index (χ1v) is 10.9. The fourth-order valence-corrected chi connectivity index (χ4v) is 4.99. The van der Waals surface area contributed by atoms with Gasteiger partial charge in [-0.15, -0.1) is 0 Å². The number of fused-ring (bicyclic) bond motifs is 1. The summed E-state index contributed by atoms with van der Waals surface area (Å²) in [4.78, 5) is 10.8. The number of primary amides is 1. The molecular formula is C25H35NO2. The summed E-state index contributed by atoms with van der Waals surface area (Å²) in [5.74, 6) is 1.22. The number of carbonyl (C=O) groups is 1. The molecule has 0 aromatic heterocycles. The van der Waals surface area contributed by atoms with Crippen molar-refractivity contribution in [3.8, 4) is 0 Å². The van der Waals surface area contributed by atoms with Gasteiger partial charge in [0.2, 0.25) is 5.91 Å². The highest BCUT2D eigenvalue weighted by molar-refractivity contribution is 5.73. The van der Waals surface area contributed by atoms with Crippen molar-refractivity contribution in [1.82, 2.24) is 0 Å². The lowest BCUT2D eigenvalue weighted by Crippen LogP contribution is -2.17. The van der Waals surface area contributed by atoms with Crippen molar-refractivity contribution in [2.75, 3.05) is 0 Å². The zero-order valence-electron chi connectivity index (χ0n) is 17.1. The Bertz CT molecular complexity index is 721. The highest BCUT2D eigenvalue weighted by atomic mass is 16.3. The number of rotatable bonds is 10. The summed E-state index contributed by atoms with van der Waals surface area (Å²) in [5.41, 5.74) is 9.45. The van der Waals surface area contributed by atoms with Crippen molar-refractivity contribution in [2.45, 2.75) is 70.8 Å². The van der Waals surface area contributed by atoms with E-state index < -0.39 is 0 Å². The molecule has 0 bridgehead atoms. The smallest absolute Gasteiger partial charge is 0.217 e. The molecule has 3 N–H and O–H groups in total. The Morgan fingerprint density at radius 3 is 2.89 bits per heavy atom. The fourth-order valence-electron chi connectivity index (χ4n) is 4.99. The van der Waals surface area contributed by atoms with Gasteiger partial charge in [0.05, 0.1) is 6.10 Å². The average Bonchev–Trinajstić information content (AvgIpc) is 3.15. The maximum Gasteiger partial charge on any atom is 0.217 e. The second-order valence-electron chi connectivity index (χ2n) is 8.72. The van der Waals surface area contributed by atoms with Crippen LogP contribution in [0, 0.1) is 24.7 Å². The van der Waals surface area contributed by atoms with Crippen LogP contribution in [0.2, 0.25) is 0 Å². The maximum atomic E-state index is 10.8. The van der Waals surface area contributed by atoms with Crippen LogP contribution >= 0.6 is 0 Å². The van der Waals surface area contributed by atoms with Gasteiger partial charge in [-0.3, -0.25) is 4.79 Å². The van der Waals surface area contributed by atoms with E-state index in [0.717, 1.165) is 51.4 Å². The van der Waals surface area contributed by atoms with Crippen LogP contribution < -0.4 is 5.73 Å². The molecule has 0 heterocycles. The lowest BCUT2D eigenvalue weighted by molar-refractivity contribution is -0.118. The Morgan fingerprint density at radius 1 is 1.25 bits per heavy atom. The van der Waals surface area contributed by atoms with Crippen molar-refractivity contribution in [1.29, 1.82) is 0 Å². The summed E-state index contributed by atoms with van der Waals surface area (Å²) >= 11 is 0. The summed E-state index contributed by atoms with van der Waals surface area (Å²) in [5, 5.41) is 10.5. The zero-order valence-corrected chi connectivity index (χ0v) is 17.1. The topological polar surface area (TPSA) is 63.3 Å². The van der Waals surface area contributed by atoms with E-state index in [1.807, 2.05) is 0 Å². The van der Waals surface area contributed by atoms with Gasteiger partial charge in [-0.05, 0) is 69.3 Å². The minimum absolute atomic E-state index is 0.194. The van der Waals surface area contributed by atoms with Crippen LogP contribution in [0.5, 0.6) is 0 Å². The molecular weight excluding hydrogens is 346 g/mol. The number of carbonyl (C=O) groups excluding carboxylic acids is 1. The molecule has 3 heteroatoms. The first kappa shape index (κ1) is 20.9. The van der Waals surface area contributed by atoms with Crippen LogP contribution in [0.3, 0.4) is 0 Å². The number of aliphatic hydroxyl groups excluding tert-OH is 1. The van der Waals surface area contributed by atoms with Gasteiger partial charge in [-0.25, -0.2) is 0 Å². The van der Waals surface area contributed by atoms with Crippen LogP contribution in [-0.4, -0.2) is 17.1 Å². The molecule has 2 aliphatic carbocycles. The molecule has 3 nitrogen and oxygen atoms in total. The Balaban J connectivity index is 1.42. The third-order valence-electron chi connectivity index (χ3n) is 6.41. The van der Waals surface area contributed by atoms with Crippen LogP contribution in [0.4, 0.5) is 0 Å². The van der Waals surface area contributed by atoms with Gasteiger partial charge in [-0.1, -0.05) is 60.1 Å². The van der Waals surface area contributed by atoms with Crippen LogP contribution in [0.1, 0.15) is 62.5 Å². The molecule has 152 valence electrons. The van der Waals surface area contributed by atoms with Crippen LogP contribution in [0.15, 0.2) is 48.1 Å². The first-order valence-electron chi connectivity index (χ1n) is 10.9. The Labute approximate surface area is 169 Å². The minimum Gasteiger partial charge on any atom is -0.392 e. The van der Waals surface area contributed by atoms with E-state index in [4.69, 9.17) is 5.73 Å². The quantitative estimate of drug-likeness (QED) is 0.449. The average molecular weight is 382 g/mol. The van der Waals surface area contributed by atoms with Crippen LogP contribution in [0.25, 0.3) is 0 Å².